The zero-order valence-corrected chi connectivity index (χ0v) is 6.35. The second-order valence-corrected chi connectivity index (χ2v) is 2.26. The number of hydrogen-bond donors (Lipinski definition) is 2. The summed E-state index contributed by atoms with van der Waals surface area (Å²) in [6.45, 7) is 2.18. The summed E-state index contributed by atoms with van der Waals surface area (Å²) in [6.07, 6.45) is 4.97. The van der Waals surface area contributed by atoms with E-state index >= 15 is 0 Å². The van der Waals surface area contributed by atoms with Gasteiger partial charge in [-0.1, -0.05) is 13.3 Å². The molecule has 0 aromatic heterocycles. The topological polar surface area (TPSA) is 41.5 Å². The maximum absolute atomic E-state index is 9.31. The normalized spacial score (nSPS) is 14.4. The Bertz CT molecular complexity index is 132. The van der Waals surface area contributed by atoms with Crippen LogP contribution in [0.1, 0.15) is 15.8 Å². The predicted molar refractivity (Wildman–Crippen MR) is 48.2 cm³/mol. The minimum Gasteiger partial charge on any atom is -0.380 e. The number of hydrogen-bond acceptors (Lipinski definition) is 3. The van der Waals surface area contributed by atoms with Crippen LogP contribution < -0.4 is 5.32 Å². The van der Waals surface area contributed by atoms with Gasteiger partial charge >= 0.3 is 0 Å². The van der Waals surface area contributed by atoms with E-state index in [-0.39, 0.29) is 15.5 Å². The Hall–Kier alpha value is -0.560. The van der Waals surface area contributed by atoms with E-state index in [1.807, 2.05) is 0 Å². The highest BCUT2D eigenvalue weighted by Gasteiger charge is 2.17. The Morgan fingerprint density at radius 3 is 2.73 bits per heavy atom. The SMILES string of the molecule is C.C#CCNC(C)(O)COC.[HH]. The van der Waals surface area contributed by atoms with Gasteiger partial charge in [0.25, 0.3) is 0 Å². The van der Waals surface area contributed by atoms with Gasteiger partial charge in [-0.2, -0.15) is 0 Å². The average molecular weight is 161 g/mol. The number of ether oxygens (including phenoxy) is 1. The van der Waals surface area contributed by atoms with Crippen LogP contribution in [0, 0.1) is 12.3 Å². The molecule has 3 heteroatoms. The van der Waals surface area contributed by atoms with E-state index in [0.29, 0.717) is 6.54 Å². The molecule has 68 valence electrons. The van der Waals surface area contributed by atoms with Crippen LogP contribution in [0.4, 0.5) is 0 Å². The van der Waals surface area contributed by atoms with Gasteiger partial charge in [0.2, 0.25) is 0 Å². The fourth-order valence-electron chi connectivity index (χ4n) is 0.574. The molecule has 0 heterocycles. The van der Waals surface area contributed by atoms with Crippen molar-refractivity contribution in [2.45, 2.75) is 20.1 Å². The number of methoxy groups -OCH3 is 1. The van der Waals surface area contributed by atoms with E-state index in [0.717, 1.165) is 0 Å². The summed E-state index contributed by atoms with van der Waals surface area (Å²) in [5.74, 6) is 2.36. The van der Waals surface area contributed by atoms with Gasteiger partial charge in [0, 0.05) is 8.54 Å². The van der Waals surface area contributed by atoms with Gasteiger partial charge in [0.15, 0.2) is 0 Å². The van der Waals surface area contributed by atoms with Crippen LogP contribution in [-0.2, 0) is 4.74 Å². The van der Waals surface area contributed by atoms with Crippen molar-refractivity contribution in [2.24, 2.45) is 0 Å². The van der Waals surface area contributed by atoms with E-state index in [1.165, 1.54) is 7.11 Å². The van der Waals surface area contributed by atoms with Gasteiger partial charge < -0.3 is 9.84 Å². The van der Waals surface area contributed by atoms with Crippen LogP contribution in [0.2, 0.25) is 0 Å². The lowest BCUT2D eigenvalue weighted by molar-refractivity contribution is -0.0393. The van der Waals surface area contributed by atoms with Crippen molar-refractivity contribution in [2.75, 3.05) is 20.3 Å². The summed E-state index contributed by atoms with van der Waals surface area (Å²) < 4.78 is 4.72. The molecule has 0 aliphatic carbocycles. The highest BCUT2D eigenvalue weighted by molar-refractivity contribution is 4.89. The van der Waals surface area contributed by atoms with Crippen LogP contribution in [0.5, 0.6) is 0 Å². The van der Waals surface area contributed by atoms with E-state index in [9.17, 15) is 5.11 Å². The summed E-state index contributed by atoms with van der Waals surface area (Å²) in [6, 6.07) is 0. The van der Waals surface area contributed by atoms with Gasteiger partial charge in [0.1, 0.15) is 5.72 Å². The Morgan fingerprint density at radius 2 is 2.36 bits per heavy atom. The van der Waals surface area contributed by atoms with Crippen molar-refractivity contribution in [1.82, 2.24) is 5.32 Å². The fraction of sp³-hybridized carbons (Fsp3) is 0.750. The molecule has 0 aromatic rings. The molecule has 0 radical (unpaired) electrons. The molecule has 0 bridgehead atoms. The van der Waals surface area contributed by atoms with Crippen LogP contribution in [0.3, 0.4) is 0 Å². The molecular formula is C8H19NO2. The lowest BCUT2D eigenvalue weighted by atomic mass is 10.3. The highest BCUT2D eigenvalue weighted by Crippen LogP contribution is 1.95. The maximum atomic E-state index is 9.31. The summed E-state index contributed by atoms with van der Waals surface area (Å²) in [7, 11) is 1.52. The van der Waals surface area contributed by atoms with Crippen molar-refractivity contribution in [3.05, 3.63) is 0 Å². The van der Waals surface area contributed by atoms with E-state index in [4.69, 9.17) is 11.2 Å². The number of terminal acetylenes is 1. The Kier molecular flexibility index (Phi) is 7.33. The highest BCUT2D eigenvalue weighted by atomic mass is 16.5. The third-order valence-electron chi connectivity index (χ3n) is 0.997. The third-order valence-corrected chi connectivity index (χ3v) is 0.997. The predicted octanol–water partition coefficient (Wildman–Crippen LogP) is 0.446. The first-order valence-corrected chi connectivity index (χ1v) is 3.02. The van der Waals surface area contributed by atoms with Gasteiger partial charge in [-0.15, -0.1) is 6.42 Å². The van der Waals surface area contributed by atoms with Gasteiger partial charge in [-0.25, -0.2) is 0 Å². The number of nitrogens with one attached hydrogen (secondary N) is 1. The molecule has 0 saturated carbocycles. The molecule has 0 saturated heterocycles. The average Bonchev–Trinajstić information content (AvgIpc) is 1.84. The lowest BCUT2D eigenvalue weighted by Crippen LogP contribution is -2.46. The molecule has 0 fully saturated rings. The molecule has 0 aromatic carbocycles. The van der Waals surface area contributed by atoms with Crippen molar-refractivity contribution < 1.29 is 11.3 Å². The van der Waals surface area contributed by atoms with Crippen molar-refractivity contribution in [1.29, 1.82) is 0 Å². The van der Waals surface area contributed by atoms with Crippen molar-refractivity contribution in [3.63, 3.8) is 0 Å². The molecule has 0 spiro atoms. The molecular weight excluding hydrogens is 142 g/mol. The molecule has 1 unspecified atom stereocenters. The standard InChI is InChI=1S/C7H13NO2.CH4.H2/c1-4-5-8-7(2,9)6-10-3;;/h1,8-9H,5-6H2,2-3H3;1H4;1H. The number of rotatable bonds is 4. The summed E-state index contributed by atoms with van der Waals surface area (Å²) in [5.41, 5.74) is -1.01. The summed E-state index contributed by atoms with van der Waals surface area (Å²) >= 11 is 0. The minimum atomic E-state index is -1.01. The van der Waals surface area contributed by atoms with Crippen LogP contribution in [0.15, 0.2) is 0 Å². The zero-order chi connectivity index (χ0) is 8.04. The largest absolute Gasteiger partial charge is 0.380 e. The molecule has 1 atom stereocenters. The second kappa shape index (κ2) is 6.17. The lowest BCUT2D eigenvalue weighted by Gasteiger charge is -2.22. The summed E-state index contributed by atoms with van der Waals surface area (Å²) in [5, 5.41) is 12.0. The molecule has 11 heavy (non-hydrogen) atoms. The molecule has 0 rings (SSSR count). The van der Waals surface area contributed by atoms with E-state index in [1.54, 1.807) is 6.92 Å². The monoisotopic (exact) mass is 161 g/mol. The zero-order valence-electron chi connectivity index (χ0n) is 6.35. The molecule has 3 nitrogen and oxygen atoms in total. The van der Waals surface area contributed by atoms with Crippen LogP contribution >= 0.6 is 0 Å². The molecule has 2 N–H and O–H groups in total. The smallest absolute Gasteiger partial charge is 0.137 e. The number of aliphatic hydroxyl groups is 1. The minimum absolute atomic E-state index is 0. The Morgan fingerprint density at radius 1 is 1.82 bits per heavy atom. The first-order chi connectivity index (χ1) is 4.62. The first-order valence-electron chi connectivity index (χ1n) is 3.02. The maximum Gasteiger partial charge on any atom is 0.137 e. The van der Waals surface area contributed by atoms with Gasteiger partial charge in [-0.3, -0.25) is 5.32 Å². The third kappa shape index (κ3) is 7.34. The first kappa shape index (κ1) is 13.1. The fourth-order valence-corrected chi connectivity index (χ4v) is 0.574. The Labute approximate surface area is 70.2 Å². The second-order valence-electron chi connectivity index (χ2n) is 2.26. The van der Waals surface area contributed by atoms with Gasteiger partial charge in [-0.05, 0) is 6.92 Å². The van der Waals surface area contributed by atoms with Crippen molar-refractivity contribution in [3.8, 4) is 12.3 Å². The molecule has 0 aliphatic heterocycles. The van der Waals surface area contributed by atoms with Crippen LogP contribution in [-0.4, -0.2) is 31.1 Å². The van der Waals surface area contributed by atoms with Crippen LogP contribution in [0.25, 0.3) is 0 Å². The van der Waals surface area contributed by atoms with Crippen molar-refractivity contribution >= 4 is 0 Å². The van der Waals surface area contributed by atoms with Gasteiger partial charge in [0.05, 0.1) is 13.2 Å². The van der Waals surface area contributed by atoms with E-state index < -0.39 is 5.72 Å². The van der Waals surface area contributed by atoms with E-state index in [2.05, 4.69) is 11.2 Å². The summed E-state index contributed by atoms with van der Waals surface area (Å²) in [4.78, 5) is 0. The quantitative estimate of drug-likeness (QED) is 0.464. The molecule has 0 amide bonds. The Balaban J connectivity index is -0.000000405. The molecule has 0 aliphatic rings.